The van der Waals surface area contributed by atoms with Gasteiger partial charge in [-0.05, 0) is 26.3 Å². The zero-order chi connectivity index (χ0) is 11.5. The second-order valence-corrected chi connectivity index (χ2v) is 4.24. The highest BCUT2D eigenvalue weighted by Crippen LogP contribution is 2.15. The number of hydrogen-bond acceptors (Lipinski definition) is 4. The van der Waals surface area contributed by atoms with Gasteiger partial charge in [0.2, 0.25) is 0 Å². The Kier molecular flexibility index (Phi) is 3.52. The van der Waals surface area contributed by atoms with Gasteiger partial charge in [0.05, 0.1) is 5.60 Å². The minimum absolute atomic E-state index is 0.207. The fourth-order valence-electron chi connectivity index (χ4n) is 1.01. The van der Waals surface area contributed by atoms with Crippen LogP contribution in [0.15, 0.2) is 12.3 Å². The maximum absolute atomic E-state index is 5.78. The molecule has 0 fully saturated rings. The van der Waals surface area contributed by atoms with Crippen LogP contribution in [0.4, 0.5) is 11.5 Å². The van der Waals surface area contributed by atoms with Gasteiger partial charge in [-0.1, -0.05) is 0 Å². The van der Waals surface area contributed by atoms with E-state index in [9.17, 15) is 0 Å². The average Bonchev–Trinajstić information content (AvgIpc) is 2.20. The van der Waals surface area contributed by atoms with Gasteiger partial charge in [0.15, 0.2) is 0 Å². The highest BCUT2D eigenvalue weighted by atomic mass is 16.5. The Bertz CT molecular complexity index is 337. The lowest BCUT2D eigenvalue weighted by Gasteiger charge is -2.23. The number of anilines is 2. The van der Waals surface area contributed by atoms with Gasteiger partial charge in [-0.15, -0.1) is 0 Å². The van der Waals surface area contributed by atoms with Crippen LogP contribution in [0.1, 0.15) is 19.4 Å². The Morgan fingerprint density at radius 2 is 2.20 bits per heavy atom. The van der Waals surface area contributed by atoms with E-state index in [1.165, 1.54) is 0 Å². The van der Waals surface area contributed by atoms with Gasteiger partial charge in [0, 0.05) is 31.6 Å². The molecule has 0 unspecified atom stereocenters. The predicted molar refractivity (Wildman–Crippen MR) is 63.0 cm³/mol. The summed E-state index contributed by atoms with van der Waals surface area (Å²) in [5, 5.41) is 3.19. The van der Waals surface area contributed by atoms with Gasteiger partial charge < -0.3 is 15.8 Å². The van der Waals surface area contributed by atoms with Crippen LogP contribution in [0.5, 0.6) is 0 Å². The summed E-state index contributed by atoms with van der Waals surface area (Å²) in [5.74, 6) is 0.781. The van der Waals surface area contributed by atoms with Crippen molar-refractivity contribution >= 4 is 11.5 Å². The van der Waals surface area contributed by atoms with Gasteiger partial charge in [0.25, 0.3) is 0 Å². The first-order chi connectivity index (χ1) is 6.94. The van der Waals surface area contributed by atoms with E-state index in [1.54, 1.807) is 13.3 Å². The van der Waals surface area contributed by atoms with Crippen molar-refractivity contribution in [3.05, 3.63) is 17.8 Å². The molecule has 0 aromatic carbocycles. The van der Waals surface area contributed by atoms with E-state index in [2.05, 4.69) is 10.3 Å². The summed E-state index contributed by atoms with van der Waals surface area (Å²) in [6.07, 6.45) is 1.76. The third-order valence-electron chi connectivity index (χ3n) is 2.39. The van der Waals surface area contributed by atoms with E-state index >= 15 is 0 Å². The highest BCUT2D eigenvalue weighted by molar-refractivity contribution is 5.53. The molecule has 0 saturated heterocycles. The molecule has 84 valence electrons. The third-order valence-corrected chi connectivity index (χ3v) is 2.39. The van der Waals surface area contributed by atoms with Crippen LogP contribution in [-0.4, -0.2) is 24.2 Å². The minimum atomic E-state index is -0.207. The number of rotatable bonds is 4. The van der Waals surface area contributed by atoms with Gasteiger partial charge in [0.1, 0.15) is 5.82 Å². The number of nitrogens with two attached hydrogens (primary N) is 1. The van der Waals surface area contributed by atoms with Crippen LogP contribution in [0.3, 0.4) is 0 Å². The number of pyridine rings is 1. The van der Waals surface area contributed by atoms with Crippen molar-refractivity contribution in [1.82, 2.24) is 4.98 Å². The zero-order valence-electron chi connectivity index (χ0n) is 9.79. The van der Waals surface area contributed by atoms with E-state index in [1.807, 2.05) is 26.8 Å². The molecule has 0 bridgehead atoms. The maximum Gasteiger partial charge on any atom is 0.128 e. The molecule has 1 rings (SSSR count). The molecule has 0 amide bonds. The van der Waals surface area contributed by atoms with E-state index in [-0.39, 0.29) is 5.60 Å². The fraction of sp³-hybridized carbons (Fsp3) is 0.545. The van der Waals surface area contributed by atoms with E-state index < -0.39 is 0 Å². The van der Waals surface area contributed by atoms with Crippen LogP contribution < -0.4 is 11.1 Å². The topological polar surface area (TPSA) is 60.2 Å². The van der Waals surface area contributed by atoms with Crippen molar-refractivity contribution in [2.75, 3.05) is 24.7 Å². The quantitative estimate of drug-likeness (QED) is 0.794. The van der Waals surface area contributed by atoms with Gasteiger partial charge in [-0.2, -0.15) is 0 Å². The number of ether oxygens (including phenoxy) is 1. The predicted octanol–water partition coefficient (Wildman–Crippen LogP) is 1.81. The molecule has 0 radical (unpaired) electrons. The molecule has 15 heavy (non-hydrogen) atoms. The van der Waals surface area contributed by atoms with Crippen molar-refractivity contribution in [1.29, 1.82) is 0 Å². The molecule has 0 saturated carbocycles. The molecule has 1 heterocycles. The molecule has 1 aromatic rings. The number of hydrogen-bond donors (Lipinski definition) is 2. The Hall–Kier alpha value is -1.29. The lowest BCUT2D eigenvalue weighted by Crippen LogP contribution is -2.32. The van der Waals surface area contributed by atoms with Crippen LogP contribution in [0.25, 0.3) is 0 Å². The molecule has 4 nitrogen and oxygen atoms in total. The third kappa shape index (κ3) is 3.40. The molecule has 4 heteroatoms. The first-order valence-corrected chi connectivity index (χ1v) is 4.96. The summed E-state index contributed by atoms with van der Waals surface area (Å²) in [4.78, 5) is 4.23. The second-order valence-electron chi connectivity index (χ2n) is 4.24. The summed E-state index contributed by atoms with van der Waals surface area (Å²) < 4.78 is 5.29. The Labute approximate surface area is 90.8 Å². The fourth-order valence-corrected chi connectivity index (χ4v) is 1.01. The van der Waals surface area contributed by atoms with E-state index in [4.69, 9.17) is 10.5 Å². The SMILES string of the molecule is COC(C)(C)CNc1cc(N)c(C)cn1. The first-order valence-electron chi connectivity index (χ1n) is 4.96. The smallest absolute Gasteiger partial charge is 0.128 e. The molecule has 1 aromatic heterocycles. The highest BCUT2D eigenvalue weighted by Gasteiger charge is 2.15. The van der Waals surface area contributed by atoms with Crippen molar-refractivity contribution in [2.45, 2.75) is 26.4 Å². The normalized spacial score (nSPS) is 11.5. The lowest BCUT2D eigenvalue weighted by molar-refractivity contribution is 0.0343. The molecule has 0 spiro atoms. The summed E-state index contributed by atoms with van der Waals surface area (Å²) in [6.45, 7) is 6.65. The summed E-state index contributed by atoms with van der Waals surface area (Å²) in [7, 11) is 1.69. The summed E-state index contributed by atoms with van der Waals surface area (Å²) in [5.41, 5.74) is 7.32. The maximum atomic E-state index is 5.78. The van der Waals surface area contributed by atoms with Crippen LogP contribution >= 0.6 is 0 Å². The molecule has 0 aliphatic carbocycles. The first kappa shape index (κ1) is 11.8. The molecular weight excluding hydrogens is 190 g/mol. The van der Waals surface area contributed by atoms with Crippen molar-refractivity contribution in [3.63, 3.8) is 0 Å². The number of methoxy groups -OCH3 is 1. The number of nitrogen functional groups attached to an aromatic ring is 1. The molecule has 3 N–H and O–H groups in total. The molecular formula is C11H19N3O. The van der Waals surface area contributed by atoms with Gasteiger partial charge >= 0.3 is 0 Å². The van der Waals surface area contributed by atoms with Crippen molar-refractivity contribution < 1.29 is 4.74 Å². The largest absolute Gasteiger partial charge is 0.398 e. The van der Waals surface area contributed by atoms with E-state index in [0.717, 1.165) is 17.1 Å². The summed E-state index contributed by atoms with van der Waals surface area (Å²) in [6, 6.07) is 1.83. The zero-order valence-corrected chi connectivity index (χ0v) is 9.79. The summed E-state index contributed by atoms with van der Waals surface area (Å²) >= 11 is 0. The van der Waals surface area contributed by atoms with Gasteiger partial charge in [-0.25, -0.2) is 4.98 Å². The number of aryl methyl sites for hydroxylation is 1. The van der Waals surface area contributed by atoms with Crippen LogP contribution in [0, 0.1) is 6.92 Å². The molecule has 0 aliphatic rings. The Morgan fingerprint density at radius 3 is 2.73 bits per heavy atom. The lowest BCUT2D eigenvalue weighted by atomic mass is 10.1. The molecule has 0 aliphatic heterocycles. The average molecular weight is 209 g/mol. The number of nitrogens with one attached hydrogen (secondary N) is 1. The van der Waals surface area contributed by atoms with Crippen LogP contribution in [-0.2, 0) is 4.74 Å². The van der Waals surface area contributed by atoms with Crippen molar-refractivity contribution in [3.8, 4) is 0 Å². The molecule has 0 atom stereocenters. The monoisotopic (exact) mass is 209 g/mol. The number of aromatic nitrogens is 1. The number of nitrogens with zero attached hydrogens (tertiary/aromatic N) is 1. The van der Waals surface area contributed by atoms with E-state index in [0.29, 0.717) is 6.54 Å². The van der Waals surface area contributed by atoms with Gasteiger partial charge in [-0.3, -0.25) is 0 Å². The minimum Gasteiger partial charge on any atom is -0.398 e. The van der Waals surface area contributed by atoms with Crippen molar-refractivity contribution in [2.24, 2.45) is 0 Å². The Morgan fingerprint density at radius 1 is 1.53 bits per heavy atom. The van der Waals surface area contributed by atoms with Crippen LogP contribution in [0.2, 0.25) is 0 Å². The Balaban J connectivity index is 2.62. The standard InChI is InChI=1S/C11H19N3O/c1-8-6-13-10(5-9(8)12)14-7-11(2,3)15-4/h5-6H,7H2,1-4H3,(H3,12,13,14). The second kappa shape index (κ2) is 4.49.